The van der Waals surface area contributed by atoms with Crippen molar-refractivity contribution in [2.24, 2.45) is 0 Å². The van der Waals surface area contributed by atoms with Gasteiger partial charge in [0.15, 0.2) is 11.5 Å². The zero-order valence-corrected chi connectivity index (χ0v) is 17.0. The monoisotopic (exact) mass is 427 g/mol. The van der Waals surface area contributed by atoms with Crippen LogP contribution >= 0.6 is 0 Å². The van der Waals surface area contributed by atoms with Gasteiger partial charge >= 0.3 is 6.18 Å². The number of aromatic nitrogens is 3. The molecule has 0 radical (unpaired) electrons. The van der Waals surface area contributed by atoms with Gasteiger partial charge in [-0.05, 0) is 53.9 Å². The first-order valence-corrected chi connectivity index (χ1v) is 9.58. The van der Waals surface area contributed by atoms with E-state index in [-0.39, 0.29) is 6.61 Å². The van der Waals surface area contributed by atoms with E-state index in [1.165, 1.54) is 12.3 Å². The summed E-state index contributed by atoms with van der Waals surface area (Å²) in [5.74, 6) is 1.07. The van der Waals surface area contributed by atoms with Crippen molar-refractivity contribution in [2.45, 2.75) is 26.1 Å². The van der Waals surface area contributed by atoms with Gasteiger partial charge in [-0.1, -0.05) is 6.07 Å². The first-order chi connectivity index (χ1) is 14.8. The molecule has 0 saturated carbocycles. The van der Waals surface area contributed by atoms with Crippen LogP contribution in [0.2, 0.25) is 0 Å². The maximum atomic E-state index is 12.7. The van der Waals surface area contributed by atoms with Gasteiger partial charge in [0, 0.05) is 36.0 Å². The highest BCUT2D eigenvalue weighted by atomic mass is 19.4. The Morgan fingerprint density at radius 1 is 1.03 bits per heavy atom. The quantitative estimate of drug-likeness (QED) is 0.444. The lowest BCUT2D eigenvalue weighted by atomic mass is 10.00. The Balaban J connectivity index is 1.52. The van der Waals surface area contributed by atoms with Gasteiger partial charge in [0.2, 0.25) is 0 Å². The zero-order chi connectivity index (χ0) is 22.0. The number of nitrogens with one attached hydrogen (secondary N) is 1. The van der Waals surface area contributed by atoms with Gasteiger partial charge in [-0.3, -0.25) is 4.98 Å². The average molecular weight is 427 g/mol. The van der Waals surface area contributed by atoms with Crippen LogP contribution in [0, 0.1) is 6.92 Å². The fourth-order valence-corrected chi connectivity index (χ4v) is 3.37. The van der Waals surface area contributed by atoms with Crippen LogP contribution < -0.4 is 9.47 Å². The molecule has 160 valence electrons. The molecule has 3 heterocycles. The molecule has 0 fully saturated rings. The summed E-state index contributed by atoms with van der Waals surface area (Å²) >= 11 is 0. The lowest BCUT2D eigenvalue weighted by molar-refractivity contribution is -0.141. The van der Waals surface area contributed by atoms with Crippen molar-refractivity contribution in [2.75, 3.05) is 7.11 Å². The Hall–Kier alpha value is -3.55. The number of benzene rings is 1. The van der Waals surface area contributed by atoms with Crippen LogP contribution in [0.3, 0.4) is 0 Å². The van der Waals surface area contributed by atoms with Crippen molar-refractivity contribution in [3.8, 4) is 11.5 Å². The highest BCUT2D eigenvalue weighted by molar-refractivity contribution is 5.80. The SMILES string of the molecule is COc1cc(Cc2c[nH]c3ncccc23)c(C)cc1OCc1ccc(C(F)(F)F)nc1. The zero-order valence-electron chi connectivity index (χ0n) is 17.0. The second-order valence-corrected chi connectivity index (χ2v) is 7.16. The molecule has 1 aromatic carbocycles. The molecule has 4 aromatic rings. The van der Waals surface area contributed by atoms with Gasteiger partial charge in [0.1, 0.15) is 17.9 Å². The molecule has 0 saturated heterocycles. The first kappa shape index (κ1) is 20.7. The summed E-state index contributed by atoms with van der Waals surface area (Å²) < 4.78 is 49.3. The Bertz CT molecular complexity index is 1200. The number of H-pyrrole nitrogens is 1. The van der Waals surface area contributed by atoms with Crippen LogP contribution in [0.4, 0.5) is 13.2 Å². The minimum absolute atomic E-state index is 0.0778. The molecule has 0 unspecified atom stereocenters. The number of aromatic amines is 1. The average Bonchev–Trinajstić information content (AvgIpc) is 3.16. The lowest BCUT2D eigenvalue weighted by Gasteiger charge is -2.15. The largest absolute Gasteiger partial charge is 0.493 e. The van der Waals surface area contributed by atoms with E-state index in [9.17, 15) is 13.2 Å². The highest BCUT2D eigenvalue weighted by Gasteiger charge is 2.32. The van der Waals surface area contributed by atoms with Crippen molar-refractivity contribution in [3.05, 3.63) is 82.9 Å². The number of pyridine rings is 2. The predicted octanol–water partition coefficient (Wildman–Crippen LogP) is 5.46. The predicted molar refractivity (Wildman–Crippen MR) is 110 cm³/mol. The van der Waals surface area contributed by atoms with Gasteiger partial charge in [-0.25, -0.2) is 4.98 Å². The maximum absolute atomic E-state index is 12.7. The number of alkyl halides is 3. The third-order valence-corrected chi connectivity index (χ3v) is 5.05. The van der Waals surface area contributed by atoms with Crippen molar-refractivity contribution in [3.63, 3.8) is 0 Å². The fraction of sp³-hybridized carbons (Fsp3) is 0.217. The summed E-state index contributed by atoms with van der Waals surface area (Å²) in [5.41, 5.74) is 3.65. The van der Waals surface area contributed by atoms with E-state index in [1.54, 1.807) is 13.3 Å². The Labute approximate surface area is 176 Å². The Morgan fingerprint density at radius 2 is 1.87 bits per heavy atom. The topological polar surface area (TPSA) is 60.0 Å². The van der Waals surface area contributed by atoms with Crippen LogP contribution in [0.25, 0.3) is 11.0 Å². The summed E-state index contributed by atoms with van der Waals surface area (Å²) in [6, 6.07) is 10.0. The second kappa shape index (κ2) is 8.29. The van der Waals surface area contributed by atoms with Gasteiger partial charge in [-0.2, -0.15) is 13.2 Å². The normalized spacial score (nSPS) is 11.6. The Morgan fingerprint density at radius 3 is 2.58 bits per heavy atom. The number of fused-ring (bicyclic) bond motifs is 1. The van der Waals surface area contributed by atoms with Crippen LogP contribution in [0.1, 0.15) is 27.9 Å². The van der Waals surface area contributed by atoms with Crippen LogP contribution in [0.15, 0.2) is 55.0 Å². The molecule has 0 atom stereocenters. The summed E-state index contributed by atoms with van der Waals surface area (Å²) in [6.45, 7) is 2.06. The molecule has 5 nitrogen and oxygen atoms in total. The number of ether oxygens (including phenoxy) is 2. The van der Waals surface area contributed by atoms with Crippen LogP contribution in [-0.4, -0.2) is 22.1 Å². The number of halogens is 3. The van der Waals surface area contributed by atoms with E-state index >= 15 is 0 Å². The highest BCUT2D eigenvalue weighted by Crippen LogP contribution is 2.33. The molecule has 1 N–H and O–H groups in total. The minimum Gasteiger partial charge on any atom is -0.493 e. The third-order valence-electron chi connectivity index (χ3n) is 5.05. The summed E-state index contributed by atoms with van der Waals surface area (Å²) in [4.78, 5) is 11.0. The van der Waals surface area contributed by atoms with Crippen LogP contribution in [0.5, 0.6) is 11.5 Å². The van der Waals surface area contributed by atoms with Gasteiger partial charge in [0.05, 0.1) is 7.11 Å². The standard InChI is InChI=1S/C23H20F3N3O2/c1-14-8-20(31-13-15-5-6-21(28-11-15)23(24,25)26)19(30-2)10-16(14)9-17-12-29-22-18(17)4-3-7-27-22/h3-8,10-12H,9,13H2,1-2H3,(H,27,29). The van der Waals surface area contributed by atoms with Gasteiger partial charge in [0.25, 0.3) is 0 Å². The van der Waals surface area contributed by atoms with Crippen molar-refractivity contribution in [1.82, 2.24) is 15.0 Å². The second-order valence-electron chi connectivity index (χ2n) is 7.16. The molecule has 4 rings (SSSR count). The molecule has 0 aliphatic rings. The Kier molecular flexibility index (Phi) is 5.54. The lowest BCUT2D eigenvalue weighted by Crippen LogP contribution is -2.08. The molecule has 0 amide bonds. The molecule has 3 aromatic heterocycles. The third kappa shape index (κ3) is 4.47. The number of nitrogens with zero attached hydrogens (tertiary/aromatic N) is 2. The molecular formula is C23H20F3N3O2. The smallest absolute Gasteiger partial charge is 0.433 e. The number of rotatable bonds is 6. The molecule has 8 heteroatoms. The van der Waals surface area contributed by atoms with E-state index < -0.39 is 11.9 Å². The summed E-state index contributed by atoms with van der Waals surface area (Å²) in [7, 11) is 1.55. The molecule has 0 aliphatic carbocycles. The van der Waals surface area contributed by atoms with E-state index in [4.69, 9.17) is 9.47 Å². The minimum atomic E-state index is -4.46. The number of methoxy groups -OCH3 is 1. The van der Waals surface area contributed by atoms with Gasteiger partial charge in [-0.15, -0.1) is 0 Å². The van der Waals surface area contributed by atoms with Crippen molar-refractivity contribution >= 4 is 11.0 Å². The molecule has 0 aliphatic heterocycles. The molecule has 0 bridgehead atoms. The first-order valence-electron chi connectivity index (χ1n) is 9.58. The maximum Gasteiger partial charge on any atom is 0.433 e. The number of hydrogen-bond donors (Lipinski definition) is 1. The fourth-order valence-electron chi connectivity index (χ4n) is 3.37. The summed E-state index contributed by atoms with van der Waals surface area (Å²) in [5, 5.41) is 1.07. The molecule has 0 spiro atoms. The number of hydrogen-bond acceptors (Lipinski definition) is 4. The molecular weight excluding hydrogens is 407 g/mol. The van der Waals surface area contributed by atoms with Crippen molar-refractivity contribution in [1.29, 1.82) is 0 Å². The van der Waals surface area contributed by atoms with E-state index in [2.05, 4.69) is 15.0 Å². The number of aryl methyl sites for hydroxylation is 1. The summed E-state index contributed by atoms with van der Waals surface area (Å²) in [6.07, 6.45) is 1.09. The van der Waals surface area contributed by atoms with E-state index in [0.29, 0.717) is 23.5 Å². The van der Waals surface area contributed by atoms with Gasteiger partial charge < -0.3 is 14.5 Å². The van der Waals surface area contributed by atoms with Crippen LogP contribution in [-0.2, 0) is 19.2 Å². The van der Waals surface area contributed by atoms with E-state index in [0.717, 1.165) is 33.8 Å². The van der Waals surface area contributed by atoms with Crippen molar-refractivity contribution < 1.29 is 22.6 Å². The molecule has 31 heavy (non-hydrogen) atoms. The van der Waals surface area contributed by atoms with E-state index in [1.807, 2.05) is 37.4 Å².